The van der Waals surface area contributed by atoms with E-state index in [2.05, 4.69) is 48.4 Å². The first-order valence-corrected chi connectivity index (χ1v) is 12.4. The molecule has 6 nitrogen and oxygen atoms in total. The molecule has 1 amide bonds. The molecule has 0 saturated carbocycles. The van der Waals surface area contributed by atoms with Crippen LogP contribution in [0.5, 0.6) is 0 Å². The van der Waals surface area contributed by atoms with Crippen LogP contribution in [0, 0.1) is 6.92 Å². The van der Waals surface area contributed by atoms with Crippen molar-refractivity contribution in [3.63, 3.8) is 0 Å². The number of primary amides is 1. The van der Waals surface area contributed by atoms with Gasteiger partial charge in [-0.3, -0.25) is 4.79 Å². The lowest BCUT2D eigenvalue weighted by Crippen LogP contribution is -2.24. The largest absolute Gasteiger partial charge is 0.366 e. The molecule has 0 aliphatic heterocycles. The van der Waals surface area contributed by atoms with Crippen molar-refractivity contribution in [3.05, 3.63) is 88.6 Å². The quantitative estimate of drug-likeness (QED) is 0.292. The van der Waals surface area contributed by atoms with E-state index in [1.165, 1.54) is 5.56 Å². The average Bonchev–Trinajstić information content (AvgIpc) is 3.28. The lowest BCUT2D eigenvalue weighted by Gasteiger charge is -2.14. The summed E-state index contributed by atoms with van der Waals surface area (Å²) in [6.45, 7) is 4.23. The maximum atomic E-state index is 11.8. The van der Waals surface area contributed by atoms with Crippen LogP contribution in [0.25, 0.3) is 21.7 Å². The van der Waals surface area contributed by atoms with Crippen LogP contribution in [-0.2, 0) is 17.6 Å². The van der Waals surface area contributed by atoms with E-state index in [-0.39, 0.29) is 0 Å². The summed E-state index contributed by atoms with van der Waals surface area (Å²) in [5.74, 6) is 0.111. The second-order valence-electron chi connectivity index (χ2n) is 8.49. The minimum atomic E-state index is -0.505. The maximum Gasteiger partial charge on any atom is 0.248 e. The Morgan fingerprint density at radius 1 is 1.11 bits per heavy atom. The molecule has 0 aliphatic carbocycles. The van der Waals surface area contributed by atoms with Crippen molar-refractivity contribution in [2.45, 2.75) is 39.2 Å². The van der Waals surface area contributed by atoms with Gasteiger partial charge in [0.05, 0.1) is 21.6 Å². The highest BCUT2D eigenvalue weighted by Crippen LogP contribution is 2.38. The second kappa shape index (κ2) is 11.1. The SMILES string of the molecule is CCCc1nc(-c2cccc(C)c2)c(-c2ccnc(N[C@H](C=O)Cc3cccc(C(N)=O)c3)c2)s1. The number of thiazole rings is 1. The molecular weight excluding hydrogens is 456 g/mol. The first-order chi connectivity index (χ1) is 17.0. The Labute approximate surface area is 209 Å². The summed E-state index contributed by atoms with van der Waals surface area (Å²) < 4.78 is 0. The number of aromatic nitrogens is 2. The molecule has 7 heteroatoms. The Balaban J connectivity index is 1.62. The van der Waals surface area contributed by atoms with Gasteiger partial charge in [0.25, 0.3) is 0 Å². The van der Waals surface area contributed by atoms with Crippen LogP contribution in [0.4, 0.5) is 5.82 Å². The molecular formula is C28H28N4O2S. The number of benzene rings is 2. The molecule has 35 heavy (non-hydrogen) atoms. The van der Waals surface area contributed by atoms with Crippen LogP contribution >= 0.6 is 11.3 Å². The molecule has 3 N–H and O–H groups in total. The van der Waals surface area contributed by atoms with E-state index < -0.39 is 11.9 Å². The number of rotatable bonds is 10. The van der Waals surface area contributed by atoms with Crippen molar-refractivity contribution in [1.82, 2.24) is 9.97 Å². The van der Waals surface area contributed by atoms with E-state index >= 15 is 0 Å². The lowest BCUT2D eigenvalue weighted by molar-refractivity contribution is -0.108. The number of nitrogens with one attached hydrogen (secondary N) is 1. The van der Waals surface area contributed by atoms with E-state index in [0.717, 1.165) is 51.4 Å². The Morgan fingerprint density at radius 3 is 2.69 bits per heavy atom. The van der Waals surface area contributed by atoms with Crippen molar-refractivity contribution in [1.29, 1.82) is 0 Å². The first-order valence-electron chi connectivity index (χ1n) is 11.6. The number of amides is 1. The molecule has 0 spiro atoms. The number of anilines is 1. The number of aryl methyl sites for hydroxylation is 2. The fourth-order valence-corrected chi connectivity index (χ4v) is 5.13. The fourth-order valence-electron chi connectivity index (χ4n) is 3.95. The molecule has 0 aliphatic rings. The van der Waals surface area contributed by atoms with Gasteiger partial charge >= 0.3 is 0 Å². The molecule has 2 aromatic carbocycles. The summed E-state index contributed by atoms with van der Waals surface area (Å²) in [4.78, 5) is 33.8. The molecule has 4 rings (SSSR count). The average molecular weight is 485 g/mol. The zero-order chi connectivity index (χ0) is 24.8. The minimum Gasteiger partial charge on any atom is -0.366 e. The van der Waals surface area contributed by atoms with E-state index in [4.69, 9.17) is 10.7 Å². The highest BCUT2D eigenvalue weighted by molar-refractivity contribution is 7.15. The van der Waals surface area contributed by atoms with Crippen molar-refractivity contribution < 1.29 is 9.59 Å². The Morgan fingerprint density at radius 2 is 1.94 bits per heavy atom. The van der Waals surface area contributed by atoms with Crippen LogP contribution in [0.1, 0.15) is 39.8 Å². The summed E-state index contributed by atoms with van der Waals surface area (Å²) in [5.41, 5.74) is 10.9. The molecule has 1 atom stereocenters. The van der Waals surface area contributed by atoms with Gasteiger partial charge < -0.3 is 15.8 Å². The smallest absolute Gasteiger partial charge is 0.248 e. The Hall–Kier alpha value is -3.84. The molecule has 2 heterocycles. The van der Waals surface area contributed by atoms with Gasteiger partial charge in [-0.05, 0) is 67.6 Å². The normalized spacial score (nSPS) is 11.7. The summed E-state index contributed by atoms with van der Waals surface area (Å²) in [7, 11) is 0. The zero-order valence-corrected chi connectivity index (χ0v) is 20.6. The molecule has 0 fully saturated rings. The van der Waals surface area contributed by atoms with Gasteiger partial charge in [0.1, 0.15) is 12.1 Å². The first kappa shape index (κ1) is 24.3. The summed E-state index contributed by atoms with van der Waals surface area (Å²) >= 11 is 1.70. The maximum absolute atomic E-state index is 11.8. The van der Waals surface area contributed by atoms with Crippen molar-refractivity contribution >= 4 is 29.3 Å². The van der Waals surface area contributed by atoms with Crippen molar-refractivity contribution in [2.24, 2.45) is 5.73 Å². The van der Waals surface area contributed by atoms with Gasteiger partial charge in [-0.2, -0.15) is 0 Å². The van der Waals surface area contributed by atoms with Crippen LogP contribution in [-0.4, -0.2) is 28.2 Å². The number of hydrogen-bond acceptors (Lipinski definition) is 6. The van der Waals surface area contributed by atoms with Crippen molar-refractivity contribution in [2.75, 3.05) is 5.32 Å². The number of nitrogens with zero attached hydrogens (tertiary/aromatic N) is 2. The van der Waals surface area contributed by atoms with Gasteiger partial charge in [0.15, 0.2) is 0 Å². The Kier molecular flexibility index (Phi) is 7.67. The highest BCUT2D eigenvalue weighted by atomic mass is 32.1. The number of carbonyl (C=O) groups excluding carboxylic acids is 2. The summed E-state index contributed by atoms with van der Waals surface area (Å²) in [6.07, 6.45) is 4.97. The van der Waals surface area contributed by atoms with Gasteiger partial charge in [-0.1, -0.05) is 42.8 Å². The van der Waals surface area contributed by atoms with Crippen LogP contribution < -0.4 is 11.1 Å². The predicted molar refractivity (Wildman–Crippen MR) is 142 cm³/mol. The predicted octanol–water partition coefficient (Wildman–Crippen LogP) is 5.45. The number of nitrogens with two attached hydrogens (primary N) is 1. The third-order valence-electron chi connectivity index (χ3n) is 5.61. The van der Waals surface area contributed by atoms with Crippen LogP contribution in [0.15, 0.2) is 66.9 Å². The van der Waals surface area contributed by atoms with E-state index in [9.17, 15) is 9.59 Å². The molecule has 0 radical (unpaired) electrons. The second-order valence-corrected chi connectivity index (χ2v) is 9.57. The highest BCUT2D eigenvalue weighted by Gasteiger charge is 2.17. The van der Waals surface area contributed by atoms with Gasteiger partial charge in [-0.15, -0.1) is 11.3 Å². The number of carbonyl (C=O) groups is 2. The summed E-state index contributed by atoms with van der Waals surface area (Å²) in [5, 5.41) is 4.33. The molecule has 0 bridgehead atoms. The molecule has 178 valence electrons. The van der Waals surface area contributed by atoms with E-state index in [1.54, 1.807) is 35.7 Å². The van der Waals surface area contributed by atoms with Gasteiger partial charge in [0.2, 0.25) is 5.91 Å². The van der Waals surface area contributed by atoms with Gasteiger partial charge in [0, 0.05) is 17.3 Å². The van der Waals surface area contributed by atoms with E-state index in [1.807, 2.05) is 18.2 Å². The standard InChI is InChI=1S/C28H28N4O2S/c1-3-6-25-32-26(20-9-4-7-18(2)13-20)27(35-25)21-11-12-30-24(16-21)31-23(17-33)15-19-8-5-10-22(14-19)28(29)34/h4-5,7-14,16-17,23H,3,6,15H2,1-2H3,(H2,29,34)(H,30,31)/t23-/m0/s1. The van der Waals surface area contributed by atoms with Crippen LogP contribution in [0.2, 0.25) is 0 Å². The van der Waals surface area contributed by atoms with Crippen molar-refractivity contribution in [3.8, 4) is 21.7 Å². The van der Waals surface area contributed by atoms with Crippen LogP contribution in [0.3, 0.4) is 0 Å². The number of aldehydes is 1. The third-order valence-corrected chi connectivity index (χ3v) is 6.78. The summed E-state index contributed by atoms with van der Waals surface area (Å²) in [6, 6.07) is 18.8. The fraction of sp³-hybridized carbons (Fsp3) is 0.214. The van der Waals surface area contributed by atoms with Gasteiger partial charge in [-0.25, -0.2) is 9.97 Å². The number of pyridine rings is 1. The Bertz CT molecular complexity index is 1350. The number of hydrogen-bond donors (Lipinski definition) is 2. The molecule has 0 unspecified atom stereocenters. The zero-order valence-electron chi connectivity index (χ0n) is 19.8. The molecule has 4 aromatic rings. The molecule has 0 saturated heterocycles. The minimum absolute atomic E-state index is 0.409. The van der Waals surface area contributed by atoms with E-state index in [0.29, 0.717) is 17.8 Å². The monoisotopic (exact) mass is 484 g/mol. The topological polar surface area (TPSA) is 98.0 Å². The third kappa shape index (κ3) is 6.00. The molecule has 2 aromatic heterocycles. The lowest BCUT2D eigenvalue weighted by atomic mass is 10.0.